The van der Waals surface area contributed by atoms with Gasteiger partial charge in [0, 0.05) is 18.1 Å². The molecule has 0 N–H and O–H groups in total. The van der Waals surface area contributed by atoms with E-state index in [9.17, 15) is 9.59 Å². The molecule has 0 spiro atoms. The number of ether oxygens (including phenoxy) is 1. The van der Waals surface area contributed by atoms with Crippen LogP contribution in [0, 0.1) is 0 Å². The van der Waals surface area contributed by atoms with Crippen molar-refractivity contribution < 1.29 is 14.3 Å². The van der Waals surface area contributed by atoms with Gasteiger partial charge in [0.25, 0.3) is 5.91 Å². The number of fused-ring (bicyclic) bond motifs is 1. The van der Waals surface area contributed by atoms with E-state index in [2.05, 4.69) is 4.98 Å². The predicted molar refractivity (Wildman–Crippen MR) is 128 cm³/mol. The Hall–Kier alpha value is -4.51. The zero-order valence-electron chi connectivity index (χ0n) is 17.9. The number of rotatable bonds is 4. The molecule has 0 bridgehead atoms. The highest BCUT2D eigenvalue weighted by molar-refractivity contribution is 6.05. The molecule has 0 saturated heterocycles. The molecule has 5 rings (SSSR count). The number of imidazole rings is 1. The summed E-state index contributed by atoms with van der Waals surface area (Å²) in [7, 11) is 0. The van der Waals surface area contributed by atoms with E-state index in [1.807, 2.05) is 84.9 Å². The Morgan fingerprint density at radius 1 is 0.758 bits per heavy atom. The molecule has 0 aliphatic rings. The van der Waals surface area contributed by atoms with Crippen molar-refractivity contribution in [2.24, 2.45) is 0 Å². The Bertz CT molecular complexity index is 1470. The first-order valence-corrected chi connectivity index (χ1v) is 10.6. The number of hydrogen-bond acceptors (Lipinski definition) is 4. The van der Waals surface area contributed by atoms with Crippen LogP contribution < -0.4 is 4.74 Å². The lowest BCUT2D eigenvalue weighted by Gasteiger charge is -2.13. The average Bonchev–Trinajstić information content (AvgIpc) is 3.29. The summed E-state index contributed by atoms with van der Waals surface area (Å²) < 4.78 is 6.96. The first-order valence-electron chi connectivity index (χ1n) is 10.6. The van der Waals surface area contributed by atoms with Crippen molar-refractivity contribution in [3.8, 4) is 28.3 Å². The van der Waals surface area contributed by atoms with Crippen LogP contribution in [0.4, 0.5) is 0 Å². The number of nitrogens with zero attached hydrogens (tertiary/aromatic N) is 2. The van der Waals surface area contributed by atoms with E-state index in [1.54, 1.807) is 12.1 Å². The molecule has 0 aliphatic carbocycles. The summed E-state index contributed by atoms with van der Waals surface area (Å²) >= 11 is 0. The molecule has 33 heavy (non-hydrogen) atoms. The van der Waals surface area contributed by atoms with Gasteiger partial charge in [-0.3, -0.25) is 14.2 Å². The Balaban J connectivity index is 1.72. The van der Waals surface area contributed by atoms with Gasteiger partial charge in [-0.1, -0.05) is 84.9 Å². The summed E-state index contributed by atoms with van der Waals surface area (Å²) in [5.74, 6) is -0.594. The van der Waals surface area contributed by atoms with Gasteiger partial charge in [-0.05, 0) is 22.9 Å². The smallest absolute Gasteiger partial charge is 0.308 e. The zero-order valence-corrected chi connectivity index (χ0v) is 17.9. The zero-order chi connectivity index (χ0) is 22.8. The lowest BCUT2D eigenvalue weighted by atomic mass is 10.0. The Labute approximate surface area is 190 Å². The highest BCUT2D eigenvalue weighted by Crippen LogP contribution is 2.33. The van der Waals surface area contributed by atoms with Gasteiger partial charge in [-0.15, -0.1) is 0 Å². The highest BCUT2D eigenvalue weighted by Gasteiger charge is 2.23. The largest absolute Gasteiger partial charge is 0.426 e. The second kappa shape index (κ2) is 8.55. The lowest BCUT2D eigenvalue weighted by Crippen LogP contribution is -2.15. The topological polar surface area (TPSA) is 61.2 Å². The van der Waals surface area contributed by atoms with Crippen LogP contribution in [0.5, 0.6) is 5.75 Å². The van der Waals surface area contributed by atoms with Gasteiger partial charge in [0.1, 0.15) is 12.1 Å². The SMILES string of the molecule is CC(=O)Oc1cc2ccccc2cc1C(=O)n1cnc(-c2ccccc2)c1-c1ccccc1. The van der Waals surface area contributed by atoms with E-state index in [1.165, 1.54) is 17.8 Å². The molecule has 0 radical (unpaired) electrons. The van der Waals surface area contributed by atoms with Gasteiger partial charge >= 0.3 is 5.97 Å². The Kier molecular flexibility index (Phi) is 5.29. The molecular formula is C28H20N2O3. The van der Waals surface area contributed by atoms with Crippen LogP contribution in [0.1, 0.15) is 17.3 Å². The summed E-state index contributed by atoms with van der Waals surface area (Å²) in [4.78, 5) is 30.2. The number of aromatic nitrogens is 2. The summed E-state index contributed by atoms with van der Waals surface area (Å²) in [6.45, 7) is 1.32. The van der Waals surface area contributed by atoms with Crippen molar-refractivity contribution in [3.63, 3.8) is 0 Å². The van der Waals surface area contributed by atoms with Gasteiger partial charge < -0.3 is 4.74 Å². The molecule has 0 unspecified atom stereocenters. The van der Waals surface area contributed by atoms with Crippen molar-refractivity contribution >= 4 is 22.6 Å². The van der Waals surface area contributed by atoms with Gasteiger partial charge in [0.2, 0.25) is 0 Å². The third-order valence-corrected chi connectivity index (χ3v) is 5.41. The molecule has 5 aromatic rings. The maximum atomic E-state index is 13.9. The second-order valence-corrected chi connectivity index (χ2v) is 7.64. The molecule has 1 heterocycles. The molecule has 0 fully saturated rings. The summed E-state index contributed by atoms with van der Waals surface area (Å²) in [5, 5.41) is 1.76. The summed E-state index contributed by atoms with van der Waals surface area (Å²) in [5.41, 5.74) is 3.43. The number of benzene rings is 4. The predicted octanol–water partition coefficient (Wildman–Crippen LogP) is 5.98. The fourth-order valence-corrected chi connectivity index (χ4v) is 3.94. The van der Waals surface area contributed by atoms with E-state index in [-0.39, 0.29) is 17.2 Å². The van der Waals surface area contributed by atoms with Crippen LogP contribution in [0.2, 0.25) is 0 Å². The summed E-state index contributed by atoms with van der Waals surface area (Å²) in [6, 6.07) is 30.5. The maximum absolute atomic E-state index is 13.9. The standard InChI is InChI=1S/C28H20N2O3/c1-19(31)33-25-17-23-15-9-8-14-22(23)16-24(25)28(32)30-18-29-26(20-10-4-2-5-11-20)27(30)21-12-6-3-7-13-21/h2-18H,1H3. The summed E-state index contributed by atoms with van der Waals surface area (Å²) in [6.07, 6.45) is 1.53. The van der Waals surface area contributed by atoms with Crippen molar-refractivity contribution in [1.82, 2.24) is 9.55 Å². The van der Waals surface area contributed by atoms with Crippen LogP contribution in [-0.2, 0) is 4.79 Å². The minimum atomic E-state index is -0.488. The number of hydrogen-bond donors (Lipinski definition) is 0. The second-order valence-electron chi connectivity index (χ2n) is 7.64. The van der Waals surface area contributed by atoms with E-state index < -0.39 is 5.97 Å². The number of carbonyl (C=O) groups is 2. The third-order valence-electron chi connectivity index (χ3n) is 5.41. The Morgan fingerprint density at radius 3 is 1.97 bits per heavy atom. The normalized spacial score (nSPS) is 10.8. The van der Waals surface area contributed by atoms with Crippen LogP contribution in [0.15, 0.2) is 103 Å². The van der Waals surface area contributed by atoms with E-state index in [0.717, 1.165) is 21.9 Å². The quantitative estimate of drug-likeness (QED) is 0.259. The fourth-order valence-electron chi connectivity index (χ4n) is 3.94. The molecule has 4 aromatic carbocycles. The van der Waals surface area contributed by atoms with Gasteiger partial charge in [0.15, 0.2) is 0 Å². The first kappa shape index (κ1) is 20.4. The lowest BCUT2D eigenvalue weighted by molar-refractivity contribution is -0.131. The molecule has 1 aromatic heterocycles. The number of carbonyl (C=O) groups excluding carboxylic acids is 2. The molecule has 0 saturated carbocycles. The van der Waals surface area contributed by atoms with Crippen LogP contribution >= 0.6 is 0 Å². The van der Waals surface area contributed by atoms with E-state index >= 15 is 0 Å². The highest BCUT2D eigenvalue weighted by atomic mass is 16.5. The maximum Gasteiger partial charge on any atom is 0.308 e. The van der Waals surface area contributed by atoms with Crippen molar-refractivity contribution in [3.05, 3.63) is 109 Å². The molecule has 5 heteroatoms. The van der Waals surface area contributed by atoms with Crippen LogP contribution in [-0.4, -0.2) is 21.4 Å². The number of esters is 1. The minimum absolute atomic E-state index is 0.222. The van der Waals surface area contributed by atoms with Gasteiger partial charge in [-0.25, -0.2) is 4.98 Å². The molecule has 5 nitrogen and oxygen atoms in total. The van der Waals surface area contributed by atoms with Crippen molar-refractivity contribution in [2.45, 2.75) is 6.92 Å². The van der Waals surface area contributed by atoms with Crippen LogP contribution in [0.25, 0.3) is 33.3 Å². The van der Waals surface area contributed by atoms with E-state index in [0.29, 0.717) is 11.4 Å². The van der Waals surface area contributed by atoms with E-state index in [4.69, 9.17) is 4.74 Å². The molecule has 0 aliphatic heterocycles. The van der Waals surface area contributed by atoms with Gasteiger partial charge in [-0.2, -0.15) is 0 Å². The molecule has 0 atom stereocenters. The minimum Gasteiger partial charge on any atom is -0.426 e. The average molecular weight is 432 g/mol. The first-order chi connectivity index (χ1) is 16.1. The monoisotopic (exact) mass is 432 g/mol. The van der Waals surface area contributed by atoms with Crippen molar-refractivity contribution in [1.29, 1.82) is 0 Å². The van der Waals surface area contributed by atoms with Gasteiger partial charge in [0.05, 0.1) is 17.0 Å². The molecule has 0 amide bonds. The third kappa shape index (κ3) is 3.92. The van der Waals surface area contributed by atoms with Crippen LogP contribution in [0.3, 0.4) is 0 Å². The molecular weight excluding hydrogens is 412 g/mol. The fraction of sp³-hybridized carbons (Fsp3) is 0.0357. The van der Waals surface area contributed by atoms with Crippen molar-refractivity contribution in [2.75, 3.05) is 0 Å². The Morgan fingerprint density at radius 2 is 1.33 bits per heavy atom. The molecule has 160 valence electrons.